The third-order valence-corrected chi connectivity index (χ3v) is 3.52. The fraction of sp³-hybridized carbons (Fsp3) is 0.500. The summed E-state index contributed by atoms with van der Waals surface area (Å²) in [5.41, 5.74) is 7.13. The maximum absolute atomic E-state index is 10.3. The Hall–Kier alpha value is -0.770. The lowest BCUT2D eigenvalue weighted by Gasteiger charge is -2.28. The molecule has 1 aliphatic rings. The molecule has 3 nitrogen and oxygen atoms in total. The van der Waals surface area contributed by atoms with Crippen LogP contribution in [0.2, 0.25) is 5.02 Å². The van der Waals surface area contributed by atoms with Crippen molar-refractivity contribution in [2.24, 2.45) is 5.92 Å². The van der Waals surface area contributed by atoms with E-state index in [1.807, 2.05) is 12.1 Å². The van der Waals surface area contributed by atoms with Crippen molar-refractivity contribution in [2.45, 2.75) is 18.9 Å². The van der Waals surface area contributed by atoms with Gasteiger partial charge in [0.2, 0.25) is 0 Å². The summed E-state index contributed by atoms with van der Waals surface area (Å²) >= 11 is 5.95. The first-order valence-electron chi connectivity index (χ1n) is 5.63. The molecule has 4 N–H and O–H groups in total. The highest BCUT2D eigenvalue weighted by molar-refractivity contribution is 6.33. The molecule has 2 atom stereocenters. The molecule has 4 heteroatoms. The van der Waals surface area contributed by atoms with Gasteiger partial charge in [0, 0.05) is 18.0 Å². The van der Waals surface area contributed by atoms with E-state index in [4.69, 9.17) is 17.3 Å². The molecule has 1 aromatic rings. The molecule has 88 valence electrons. The smallest absolute Gasteiger partial charge is 0.0850 e. The molecule has 0 saturated carbocycles. The van der Waals surface area contributed by atoms with E-state index in [9.17, 15) is 5.11 Å². The summed E-state index contributed by atoms with van der Waals surface area (Å²) in [6, 6.07) is 5.42. The standard InChI is InChI=1S/C12H17ClN2O/c13-10-5-1-4-9(11(10)14)12(16)8-3-2-6-15-7-8/h1,4-5,8,12,15-16H,2-3,6-7,14H2. The second kappa shape index (κ2) is 5.04. The molecule has 1 fully saturated rings. The van der Waals surface area contributed by atoms with Crippen LogP contribution in [-0.2, 0) is 0 Å². The first kappa shape index (κ1) is 11.7. The number of aliphatic hydroxyl groups excluding tert-OH is 1. The Morgan fingerprint density at radius 2 is 2.31 bits per heavy atom. The van der Waals surface area contributed by atoms with E-state index >= 15 is 0 Å². The average Bonchev–Trinajstić information content (AvgIpc) is 2.33. The fourth-order valence-electron chi connectivity index (χ4n) is 2.21. The number of nitrogens with two attached hydrogens (primary N) is 1. The van der Waals surface area contributed by atoms with E-state index in [0.29, 0.717) is 10.7 Å². The van der Waals surface area contributed by atoms with Gasteiger partial charge in [0.05, 0.1) is 16.8 Å². The zero-order valence-corrected chi connectivity index (χ0v) is 9.87. The largest absolute Gasteiger partial charge is 0.397 e. The van der Waals surface area contributed by atoms with Gasteiger partial charge in [-0.15, -0.1) is 0 Å². The van der Waals surface area contributed by atoms with E-state index in [2.05, 4.69) is 5.32 Å². The van der Waals surface area contributed by atoms with Gasteiger partial charge in [0.25, 0.3) is 0 Å². The van der Waals surface area contributed by atoms with Crippen LogP contribution in [0.3, 0.4) is 0 Å². The Labute approximate surface area is 101 Å². The minimum atomic E-state index is -0.522. The summed E-state index contributed by atoms with van der Waals surface area (Å²) in [7, 11) is 0. The highest BCUT2D eigenvalue weighted by Gasteiger charge is 2.24. The number of nitrogens with one attached hydrogen (secondary N) is 1. The SMILES string of the molecule is Nc1c(Cl)cccc1C(O)C1CCCNC1. The number of halogens is 1. The minimum Gasteiger partial charge on any atom is -0.397 e. The number of rotatable bonds is 2. The predicted octanol–water partition coefficient (Wildman–Crippen LogP) is 1.96. The summed E-state index contributed by atoms with van der Waals surface area (Å²) in [5.74, 6) is 0.231. The second-order valence-corrected chi connectivity index (χ2v) is 4.70. The van der Waals surface area contributed by atoms with Gasteiger partial charge in [-0.2, -0.15) is 0 Å². The quantitative estimate of drug-likeness (QED) is 0.693. The molecule has 0 bridgehead atoms. The Morgan fingerprint density at radius 1 is 1.50 bits per heavy atom. The minimum absolute atomic E-state index is 0.231. The topological polar surface area (TPSA) is 58.3 Å². The van der Waals surface area contributed by atoms with Crippen LogP contribution in [0.5, 0.6) is 0 Å². The van der Waals surface area contributed by atoms with Crippen LogP contribution in [0.4, 0.5) is 5.69 Å². The summed E-state index contributed by atoms with van der Waals surface area (Å²) in [6.45, 7) is 1.88. The van der Waals surface area contributed by atoms with Crippen molar-refractivity contribution in [1.82, 2.24) is 5.32 Å². The molecule has 0 radical (unpaired) electrons. The number of hydrogen-bond acceptors (Lipinski definition) is 3. The maximum Gasteiger partial charge on any atom is 0.0850 e. The number of anilines is 1. The number of nitrogen functional groups attached to an aromatic ring is 1. The molecule has 1 aliphatic heterocycles. The van der Waals surface area contributed by atoms with Crippen molar-refractivity contribution in [3.8, 4) is 0 Å². The Balaban J connectivity index is 2.19. The molecule has 1 saturated heterocycles. The number of benzene rings is 1. The zero-order valence-electron chi connectivity index (χ0n) is 9.12. The fourth-order valence-corrected chi connectivity index (χ4v) is 2.40. The average molecular weight is 241 g/mol. The lowest BCUT2D eigenvalue weighted by Crippen LogP contribution is -2.33. The van der Waals surface area contributed by atoms with E-state index < -0.39 is 6.10 Å². The van der Waals surface area contributed by atoms with Gasteiger partial charge in [-0.25, -0.2) is 0 Å². The first-order chi connectivity index (χ1) is 7.70. The van der Waals surface area contributed by atoms with Gasteiger partial charge in [-0.1, -0.05) is 23.7 Å². The number of aliphatic hydroxyl groups is 1. The summed E-state index contributed by atoms with van der Waals surface area (Å²) < 4.78 is 0. The number of hydrogen-bond donors (Lipinski definition) is 3. The highest BCUT2D eigenvalue weighted by atomic mass is 35.5. The molecule has 1 heterocycles. The summed E-state index contributed by atoms with van der Waals surface area (Å²) in [5, 5.41) is 14.1. The zero-order chi connectivity index (χ0) is 11.5. The van der Waals surface area contributed by atoms with Gasteiger partial charge < -0.3 is 16.2 Å². The molecular weight excluding hydrogens is 224 g/mol. The predicted molar refractivity (Wildman–Crippen MR) is 66.4 cm³/mol. The lowest BCUT2D eigenvalue weighted by atomic mass is 9.89. The van der Waals surface area contributed by atoms with Crippen molar-refractivity contribution in [3.05, 3.63) is 28.8 Å². The summed E-state index contributed by atoms with van der Waals surface area (Å²) in [4.78, 5) is 0. The van der Waals surface area contributed by atoms with E-state index in [1.54, 1.807) is 6.07 Å². The molecule has 1 aromatic carbocycles. The Morgan fingerprint density at radius 3 is 3.00 bits per heavy atom. The number of para-hydroxylation sites is 1. The molecule has 0 amide bonds. The Kier molecular flexibility index (Phi) is 3.69. The summed E-state index contributed by atoms with van der Waals surface area (Å²) in [6.07, 6.45) is 1.61. The molecule has 2 unspecified atom stereocenters. The maximum atomic E-state index is 10.3. The normalized spacial score (nSPS) is 23.0. The van der Waals surface area contributed by atoms with Crippen LogP contribution < -0.4 is 11.1 Å². The van der Waals surface area contributed by atoms with Crippen LogP contribution in [-0.4, -0.2) is 18.2 Å². The van der Waals surface area contributed by atoms with Crippen molar-refractivity contribution in [2.75, 3.05) is 18.8 Å². The van der Waals surface area contributed by atoms with Crippen LogP contribution in [0.25, 0.3) is 0 Å². The molecule has 16 heavy (non-hydrogen) atoms. The molecule has 2 rings (SSSR count). The third-order valence-electron chi connectivity index (χ3n) is 3.19. The van der Waals surface area contributed by atoms with Gasteiger partial charge in [-0.05, 0) is 25.5 Å². The third kappa shape index (κ3) is 2.32. The van der Waals surface area contributed by atoms with Gasteiger partial charge in [0.15, 0.2) is 0 Å². The van der Waals surface area contributed by atoms with Crippen molar-refractivity contribution < 1.29 is 5.11 Å². The van der Waals surface area contributed by atoms with Crippen molar-refractivity contribution >= 4 is 17.3 Å². The number of piperidine rings is 1. The molecule has 0 aliphatic carbocycles. The highest BCUT2D eigenvalue weighted by Crippen LogP contribution is 2.33. The van der Waals surface area contributed by atoms with Gasteiger partial charge in [-0.3, -0.25) is 0 Å². The molecule has 0 spiro atoms. The Bertz CT molecular complexity index is 364. The van der Waals surface area contributed by atoms with E-state index in [1.165, 1.54) is 0 Å². The van der Waals surface area contributed by atoms with Crippen LogP contribution in [0, 0.1) is 5.92 Å². The van der Waals surface area contributed by atoms with E-state index in [-0.39, 0.29) is 5.92 Å². The van der Waals surface area contributed by atoms with Crippen LogP contribution in [0.1, 0.15) is 24.5 Å². The van der Waals surface area contributed by atoms with E-state index in [0.717, 1.165) is 31.5 Å². The molecule has 0 aromatic heterocycles. The molecular formula is C12H17ClN2O. The van der Waals surface area contributed by atoms with Crippen molar-refractivity contribution in [3.63, 3.8) is 0 Å². The van der Waals surface area contributed by atoms with Crippen LogP contribution >= 0.6 is 11.6 Å². The van der Waals surface area contributed by atoms with Gasteiger partial charge >= 0.3 is 0 Å². The second-order valence-electron chi connectivity index (χ2n) is 4.29. The lowest BCUT2D eigenvalue weighted by molar-refractivity contribution is 0.0928. The van der Waals surface area contributed by atoms with Gasteiger partial charge in [0.1, 0.15) is 0 Å². The monoisotopic (exact) mass is 240 g/mol. The van der Waals surface area contributed by atoms with Crippen LogP contribution in [0.15, 0.2) is 18.2 Å². The first-order valence-corrected chi connectivity index (χ1v) is 6.00. The van der Waals surface area contributed by atoms with Crippen molar-refractivity contribution in [1.29, 1.82) is 0 Å².